The number of hydrogen-bond donors (Lipinski definition) is 1. The second-order valence-corrected chi connectivity index (χ2v) is 7.23. The van der Waals surface area contributed by atoms with Gasteiger partial charge in [0.25, 0.3) is 0 Å². The van der Waals surface area contributed by atoms with E-state index in [0.29, 0.717) is 6.10 Å². The molecule has 0 unspecified atom stereocenters. The molecule has 3 heteroatoms. The van der Waals surface area contributed by atoms with E-state index in [0.717, 1.165) is 38.0 Å². The van der Waals surface area contributed by atoms with Crippen molar-refractivity contribution in [3.05, 3.63) is 0 Å². The van der Waals surface area contributed by atoms with E-state index in [4.69, 9.17) is 10.5 Å². The van der Waals surface area contributed by atoms with Crippen LogP contribution in [-0.2, 0) is 4.74 Å². The molecular weight excluding hydrogens is 248 g/mol. The molecule has 0 spiro atoms. The van der Waals surface area contributed by atoms with Gasteiger partial charge in [-0.1, -0.05) is 26.7 Å². The van der Waals surface area contributed by atoms with Gasteiger partial charge in [0.15, 0.2) is 0 Å². The average molecular weight is 282 g/mol. The van der Waals surface area contributed by atoms with Crippen LogP contribution in [0.2, 0.25) is 0 Å². The number of rotatable bonds is 8. The van der Waals surface area contributed by atoms with Crippen molar-refractivity contribution in [2.75, 3.05) is 19.7 Å². The second kappa shape index (κ2) is 7.24. The van der Waals surface area contributed by atoms with Gasteiger partial charge in [-0.3, -0.25) is 4.90 Å². The Morgan fingerprint density at radius 3 is 2.40 bits per heavy atom. The van der Waals surface area contributed by atoms with Crippen molar-refractivity contribution in [2.24, 2.45) is 11.7 Å². The first-order valence-corrected chi connectivity index (χ1v) is 8.69. The Bertz CT molecular complexity index is 281. The smallest absolute Gasteiger partial charge is 0.0611 e. The van der Waals surface area contributed by atoms with E-state index in [2.05, 4.69) is 25.7 Å². The Balaban J connectivity index is 2.00. The summed E-state index contributed by atoms with van der Waals surface area (Å²) in [6, 6.07) is 0.778. The molecule has 2 rings (SSSR count). The maximum atomic E-state index is 6.20. The summed E-state index contributed by atoms with van der Waals surface area (Å²) in [5.74, 6) is 0.775. The average Bonchev–Trinajstić information content (AvgIpc) is 2.88. The first-order chi connectivity index (χ1) is 9.61. The molecule has 0 amide bonds. The molecule has 0 bridgehead atoms. The largest absolute Gasteiger partial charge is 0.378 e. The predicted molar refractivity (Wildman–Crippen MR) is 84.9 cm³/mol. The Kier molecular flexibility index (Phi) is 5.88. The molecular formula is C17H34N2O. The quantitative estimate of drug-likeness (QED) is 0.743. The van der Waals surface area contributed by atoms with Crippen LogP contribution in [0.15, 0.2) is 0 Å². The molecule has 20 heavy (non-hydrogen) atoms. The van der Waals surface area contributed by atoms with Gasteiger partial charge in [-0.15, -0.1) is 0 Å². The summed E-state index contributed by atoms with van der Waals surface area (Å²) in [5.41, 5.74) is 6.44. The van der Waals surface area contributed by atoms with E-state index < -0.39 is 0 Å². The zero-order valence-corrected chi connectivity index (χ0v) is 13.7. The Hall–Kier alpha value is -0.120. The van der Waals surface area contributed by atoms with Crippen LogP contribution in [0, 0.1) is 5.92 Å². The van der Waals surface area contributed by atoms with Gasteiger partial charge >= 0.3 is 0 Å². The Labute approximate surface area is 125 Å². The SMILES string of the molecule is CCOC1CC(CN)(N(CCC(C)C)C2CCCC2)C1. The topological polar surface area (TPSA) is 38.5 Å². The summed E-state index contributed by atoms with van der Waals surface area (Å²) in [4.78, 5) is 2.79. The van der Waals surface area contributed by atoms with E-state index in [1.165, 1.54) is 38.6 Å². The van der Waals surface area contributed by atoms with Gasteiger partial charge in [-0.05, 0) is 51.5 Å². The van der Waals surface area contributed by atoms with Gasteiger partial charge in [-0.25, -0.2) is 0 Å². The highest BCUT2D eigenvalue weighted by molar-refractivity contribution is 5.06. The van der Waals surface area contributed by atoms with Gasteiger partial charge in [0, 0.05) is 24.7 Å². The third-order valence-corrected chi connectivity index (χ3v) is 5.32. The van der Waals surface area contributed by atoms with Crippen molar-refractivity contribution in [3.8, 4) is 0 Å². The summed E-state index contributed by atoms with van der Waals surface area (Å²) >= 11 is 0. The lowest BCUT2D eigenvalue weighted by molar-refractivity contribution is -0.113. The molecule has 0 aliphatic heterocycles. The van der Waals surface area contributed by atoms with Crippen LogP contribution < -0.4 is 5.73 Å². The second-order valence-electron chi connectivity index (χ2n) is 7.23. The summed E-state index contributed by atoms with van der Waals surface area (Å²) in [7, 11) is 0. The highest BCUT2D eigenvalue weighted by Crippen LogP contribution is 2.43. The van der Waals surface area contributed by atoms with Crippen LogP contribution >= 0.6 is 0 Å². The van der Waals surface area contributed by atoms with E-state index in [1.54, 1.807) is 0 Å². The zero-order chi connectivity index (χ0) is 14.6. The standard InChI is InChI=1S/C17H34N2O/c1-4-20-16-11-17(12-16,13-18)19(10-9-14(2)3)15-7-5-6-8-15/h14-16H,4-13,18H2,1-3H3. The maximum Gasteiger partial charge on any atom is 0.0611 e. The molecule has 0 saturated heterocycles. The van der Waals surface area contributed by atoms with Crippen LogP contribution in [0.5, 0.6) is 0 Å². The first-order valence-electron chi connectivity index (χ1n) is 8.69. The molecule has 2 saturated carbocycles. The molecule has 118 valence electrons. The number of nitrogens with zero attached hydrogens (tertiary/aromatic N) is 1. The molecule has 0 aromatic rings. The predicted octanol–water partition coefficient (Wildman–Crippen LogP) is 3.17. The van der Waals surface area contributed by atoms with Crippen LogP contribution in [0.1, 0.15) is 65.7 Å². The van der Waals surface area contributed by atoms with Gasteiger partial charge < -0.3 is 10.5 Å². The lowest BCUT2D eigenvalue weighted by atomic mass is 9.71. The van der Waals surface area contributed by atoms with Gasteiger partial charge in [0.1, 0.15) is 0 Å². The van der Waals surface area contributed by atoms with Gasteiger partial charge in [-0.2, -0.15) is 0 Å². The zero-order valence-electron chi connectivity index (χ0n) is 13.7. The lowest BCUT2D eigenvalue weighted by Crippen LogP contribution is -2.66. The number of ether oxygens (including phenoxy) is 1. The normalized spacial score (nSPS) is 31.2. The molecule has 2 aliphatic carbocycles. The molecule has 0 aromatic carbocycles. The number of hydrogen-bond acceptors (Lipinski definition) is 3. The fourth-order valence-electron chi connectivity index (χ4n) is 4.08. The van der Waals surface area contributed by atoms with E-state index >= 15 is 0 Å². The molecule has 0 aromatic heterocycles. The maximum absolute atomic E-state index is 6.20. The monoisotopic (exact) mass is 282 g/mol. The van der Waals surface area contributed by atoms with E-state index in [9.17, 15) is 0 Å². The lowest BCUT2D eigenvalue weighted by Gasteiger charge is -2.56. The summed E-state index contributed by atoms with van der Waals surface area (Å²) in [5, 5.41) is 0. The minimum absolute atomic E-state index is 0.240. The van der Waals surface area contributed by atoms with Crippen LogP contribution in [0.3, 0.4) is 0 Å². The number of nitrogens with two attached hydrogens (primary N) is 1. The van der Waals surface area contributed by atoms with Crippen molar-refractivity contribution in [2.45, 2.75) is 83.4 Å². The summed E-state index contributed by atoms with van der Waals surface area (Å²) in [6.07, 6.45) is 9.58. The third-order valence-electron chi connectivity index (χ3n) is 5.32. The van der Waals surface area contributed by atoms with Crippen LogP contribution in [0.4, 0.5) is 0 Å². The van der Waals surface area contributed by atoms with Crippen molar-refractivity contribution in [1.29, 1.82) is 0 Å². The van der Waals surface area contributed by atoms with Crippen LogP contribution in [-0.4, -0.2) is 42.3 Å². The van der Waals surface area contributed by atoms with E-state index in [1.807, 2.05) is 0 Å². The fourth-order valence-corrected chi connectivity index (χ4v) is 4.08. The highest BCUT2D eigenvalue weighted by Gasteiger charge is 2.50. The van der Waals surface area contributed by atoms with E-state index in [-0.39, 0.29) is 5.54 Å². The van der Waals surface area contributed by atoms with Crippen molar-refractivity contribution in [1.82, 2.24) is 4.90 Å². The van der Waals surface area contributed by atoms with Crippen molar-refractivity contribution >= 4 is 0 Å². The highest BCUT2D eigenvalue weighted by atomic mass is 16.5. The molecule has 0 radical (unpaired) electrons. The first kappa shape index (κ1) is 16.3. The third kappa shape index (κ3) is 3.55. The van der Waals surface area contributed by atoms with Crippen molar-refractivity contribution in [3.63, 3.8) is 0 Å². The summed E-state index contributed by atoms with van der Waals surface area (Å²) in [6.45, 7) is 9.59. The minimum Gasteiger partial charge on any atom is -0.378 e. The minimum atomic E-state index is 0.240. The molecule has 2 aliphatic rings. The molecule has 3 nitrogen and oxygen atoms in total. The Morgan fingerprint density at radius 2 is 1.90 bits per heavy atom. The van der Waals surface area contributed by atoms with Gasteiger partial charge in [0.2, 0.25) is 0 Å². The van der Waals surface area contributed by atoms with Crippen LogP contribution in [0.25, 0.3) is 0 Å². The molecule has 0 atom stereocenters. The van der Waals surface area contributed by atoms with Crippen molar-refractivity contribution < 1.29 is 4.74 Å². The fraction of sp³-hybridized carbons (Fsp3) is 1.00. The van der Waals surface area contributed by atoms with Gasteiger partial charge in [0.05, 0.1) is 6.10 Å². The molecule has 2 N–H and O–H groups in total. The summed E-state index contributed by atoms with van der Waals surface area (Å²) < 4.78 is 5.79. The molecule has 0 heterocycles. The Morgan fingerprint density at radius 1 is 1.25 bits per heavy atom. The molecule has 2 fully saturated rings.